The molecule has 1 heterocycles. The molecule has 1 aromatic carbocycles. The van der Waals surface area contributed by atoms with Gasteiger partial charge in [-0.2, -0.15) is 0 Å². The van der Waals surface area contributed by atoms with Crippen LogP contribution in [0.4, 0.5) is 0 Å². The van der Waals surface area contributed by atoms with Crippen molar-refractivity contribution in [2.75, 3.05) is 13.1 Å². The van der Waals surface area contributed by atoms with Crippen LogP contribution in [0.25, 0.3) is 0 Å². The second kappa shape index (κ2) is 5.19. The second-order valence-electron chi connectivity index (χ2n) is 5.99. The van der Waals surface area contributed by atoms with Crippen molar-refractivity contribution < 1.29 is 0 Å². The van der Waals surface area contributed by atoms with E-state index in [0.717, 1.165) is 19.6 Å². The van der Waals surface area contributed by atoms with Crippen molar-refractivity contribution in [3.05, 3.63) is 35.4 Å². The van der Waals surface area contributed by atoms with Crippen molar-refractivity contribution in [3.63, 3.8) is 0 Å². The van der Waals surface area contributed by atoms with Gasteiger partial charge in [0.05, 0.1) is 0 Å². The maximum atomic E-state index is 3.57. The molecule has 0 fully saturated rings. The summed E-state index contributed by atoms with van der Waals surface area (Å²) in [6.45, 7) is 9.90. The molecule has 0 aliphatic carbocycles. The number of benzene rings is 1. The number of hydrogen-bond donors (Lipinski definition) is 2. The quantitative estimate of drug-likeness (QED) is 0.837. The summed E-state index contributed by atoms with van der Waals surface area (Å²) in [4.78, 5) is 0. The molecular formula is C15H24N2. The van der Waals surface area contributed by atoms with E-state index in [2.05, 4.69) is 55.7 Å². The minimum absolute atomic E-state index is 0.224. The molecule has 2 rings (SSSR count). The summed E-state index contributed by atoms with van der Waals surface area (Å²) in [6, 6.07) is 8.83. The van der Waals surface area contributed by atoms with Crippen molar-refractivity contribution >= 4 is 0 Å². The summed E-state index contributed by atoms with van der Waals surface area (Å²) in [6.07, 6.45) is 1.21. The molecule has 1 aliphatic rings. The first-order valence-corrected chi connectivity index (χ1v) is 6.60. The van der Waals surface area contributed by atoms with Gasteiger partial charge in [-0.05, 0) is 50.8 Å². The maximum Gasteiger partial charge on any atom is 0.0208 e. The minimum atomic E-state index is 0.224. The highest BCUT2D eigenvalue weighted by molar-refractivity contribution is 5.32. The Morgan fingerprint density at radius 2 is 2.06 bits per heavy atom. The third-order valence-corrected chi connectivity index (χ3v) is 3.35. The first-order chi connectivity index (χ1) is 8.06. The highest BCUT2D eigenvalue weighted by Crippen LogP contribution is 2.26. The lowest BCUT2D eigenvalue weighted by Gasteiger charge is -2.28. The van der Waals surface area contributed by atoms with Crippen LogP contribution < -0.4 is 10.6 Å². The largest absolute Gasteiger partial charge is 0.312 e. The van der Waals surface area contributed by atoms with Crippen LogP contribution >= 0.6 is 0 Å². The van der Waals surface area contributed by atoms with Crippen LogP contribution in [0.1, 0.15) is 44.2 Å². The molecule has 1 aromatic rings. The van der Waals surface area contributed by atoms with Gasteiger partial charge in [-0.15, -0.1) is 0 Å². The molecule has 0 saturated carbocycles. The fraction of sp³-hybridized carbons (Fsp3) is 0.600. The maximum absolute atomic E-state index is 3.57. The van der Waals surface area contributed by atoms with E-state index in [1.54, 1.807) is 5.56 Å². The topological polar surface area (TPSA) is 24.1 Å². The predicted molar refractivity (Wildman–Crippen MR) is 73.3 cm³/mol. The van der Waals surface area contributed by atoms with Crippen molar-refractivity contribution in [2.45, 2.75) is 45.2 Å². The lowest BCUT2D eigenvalue weighted by molar-refractivity contribution is 0.400. The fourth-order valence-electron chi connectivity index (χ4n) is 2.46. The van der Waals surface area contributed by atoms with Gasteiger partial charge in [-0.25, -0.2) is 0 Å². The summed E-state index contributed by atoms with van der Waals surface area (Å²) >= 11 is 0. The van der Waals surface area contributed by atoms with E-state index in [1.165, 1.54) is 12.0 Å². The van der Waals surface area contributed by atoms with Gasteiger partial charge < -0.3 is 10.6 Å². The van der Waals surface area contributed by atoms with E-state index in [-0.39, 0.29) is 5.54 Å². The molecular weight excluding hydrogens is 208 g/mol. The van der Waals surface area contributed by atoms with Crippen molar-refractivity contribution in [1.82, 2.24) is 10.6 Å². The molecule has 0 bridgehead atoms. The van der Waals surface area contributed by atoms with E-state index < -0.39 is 0 Å². The highest BCUT2D eigenvalue weighted by atomic mass is 14.9. The molecule has 17 heavy (non-hydrogen) atoms. The predicted octanol–water partition coefficient (Wildman–Crippen LogP) is 2.65. The molecule has 0 radical (unpaired) electrons. The van der Waals surface area contributed by atoms with E-state index in [0.29, 0.717) is 5.92 Å². The van der Waals surface area contributed by atoms with Crippen molar-refractivity contribution in [2.24, 2.45) is 0 Å². The van der Waals surface area contributed by atoms with E-state index in [4.69, 9.17) is 0 Å². The molecule has 1 atom stereocenters. The van der Waals surface area contributed by atoms with Gasteiger partial charge in [0.25, 0.3) is 0 Å². The second-order valence-corrected chi connectivity index (χ2v) is 5.99. The Morgan fingerprint density at radius 1 is 1.29 bits per heavy atom. The molecule has 2 N–H and O–H groups in total. The van der Waals surface area contributed by atoms with Crippen molar-refractivity contribution in [3.8, 4) is 0 Å². The molecule has 0 spiro atoms. The van der Waals surface area contributed by atoms with E-state index >= 15 is 0 Å². The van der Waals surface area contributed by atoms with Crippen molar-refractivity contribution in [1.29, 1.82) is 0 Å². The molecule has 0 aromatic heterocycles. The Kier molecular flexibility index (Phi) is 3.85. The molecule has 2 nitrogen and oxygen atoms in total. The Bertz CT molecular complexity index is 365. The standard InChI is InChI=1S/C15H24N2/c1-15(2,3)17-9-8-13-11-16-10-12-6-4-5-7-14(12)13/h4-7,13,16-17H,8-11H2,1-3H3. The van der Waals surface area contributed by atoms with Gasteiger partial charge in [0.2, 0.25) is 0 Å². The van der Waals surface area contributed by atoms with Crippen LogP contribution in [-0.2, 0) is 6.54 Å². The van der Waals surface area contributed by atoms with Gasteiger partial charge in [0.1, 0.15) is 0 Å². The Hall–Kier alpha value is -0.860. The first-order valence-electron chi connectivity index (χ1n) is 6.60. The van der Waals surface area contributed by atoms with Crippen LogP contribution in [-0.4, -0.2) is 18.6 Å². The van der Waals surface area contributed by atoms with Crippen LogP contribution in [0.3, 0.4) is 0 Å². The molecule has 1 unspecified atom stereocenters. The monoisotopic (exact) mass is 232 g/mol. The Balaban J connectivity index is 1.95. The SMILES string of the molecule is CC(C)(C)NCCC1CNCc2ccccc21. The van der Waals surface area contributed by atoms with Gasteiger partial charge >= 0.3 is 0 Å². The molecule has 2 heteroatoms. The van der Waals surface area contributed by atoms with Gasteiger partial charge in [0, 0.05) is 18.6 Å². The van der Waals surface area contributed by atoms with Crippen LogP contribution in [0.15, 0.2) is 24.3 Å². The van der Waals surface area contributed by atoms with Crippen LogP contribution in [0.5, 0.6) is 0 Å². The third-order valence-electron chi connectivity index (χ3n) is 3.35. The zero-order valence-electron chi connectivity index (χ0n) is 11.2. The number of hydrogen-bond acceptors (Lipinski definition) is 2. The zero-order chi connectivity index (χ0) is 12.3. The smallest absolute Gasteiger partial charge is 0.0208 e. The number of nitrogens with one attached hydrogen (secondary N) is 2. The molecule has 0 amide bonds. The first kappa shape index (κ1) is 12.6. The summed E-state index contributed by atoms with van der Waals surface area (Å²) in [5.74, 6) is 0.662. The van der Waals surface area contributed by atoms with E-state index in [1.807, 2.05) is 0 Å². The molecule has 94 valence electrons. The Morgan fingerprint density at radius 3 is 2.82 bits per heavy atom. The fourth-order valence-corrected chi connectivity index (χ4v) is 2.46. The lowest BCUT2D eigenvalue weighted by atomic mass is 9.88. The normalized spacial score (nSPS) is 20.1. The number of fused-ring (bicyclic) bond motifs is 1. The average Bonchev–Trinajstić information content (AvgIpc) is 2.28. The van der Waals surface area contributed by atoms with Gasteiger partial charge in [-0.1, -0.05) is 24.3 Å². The lowest BCUT2D eigenvalue weighted by Crippen LogP contribution is -2.38. The summed E-state index contributed by atoms with van der Waals surface area (Å²) < 4.78 is 0. The van der Waals surface area contributed by atoms with Crippen LogP contribution in [0, 0.1) is 0 Å². The third kappa shape index (κ3) is 3.55. The average molecular weight is 232 g/mol. The zero-order valence-corrected chi connectivity index (χ0v) is 11.2. The van der Waals surface area contributed by atoms with Gasteiger partial charge in [0.15, 0.2) is 0 Å². The van der Waals surface area contributed by atoms with Crippen LogP contribution in [0.2, 0.25) is 0 Å². The minimum Gasteiger partial charge on any atom is -0.312 e. The molecule has 1 aliphatic heterocycles. The number of rotatable bonds is 3. The Labute approximate surface area is 105 Å². The van der Waals surface area contributed by atoms with E-state index in [9.17, 15) is 0 Å². The molecule has 0 saturated heterocycles. The van der Waals surface area contributed by atoms with Gasteiger partial charge in [-0.3, -0.25) is 0 Å². The summed E-state index contributed by atoms with van der Waals surface area (Å²) in [5.41, 5.74) is 3.24. The summed E-state index contributed by atoms with van der Waals surface area (Å²) in [5, 5.41) is 7.08. The highest BCUT2D eigenvalue weighted by Gasteiger charge is 2.19. The summed E-state index contributed by atoms with van der Waals surface area (Å²) in [7, 11) is 0.